The maximum atomic E-state index is 12.7. The molecule has 0 amide bonds. The molecule has 0 aliphatic heterocycles. The fraction of sp³-hybridized carbons (Fsp3) is 0.125. The molecule has 3 rings (SSSR count). The molecule has 2 aromatic carbocycles. The Hall–Kier alpha value is -1.64. The molecule has 0 fully saturated rings. The number of hydrogen-bond donors (Lipinski definition) is 1. The van der Waals surface area contributed by atoms with Crippen molar-refractivity contribution < 1.29 is 24.5 Å². The zero-order valence-electron chi connectivity index (χ0n) is 12.1. The van der Waals surface area contributed by atoms with Crippen molar-refractivity contribution in [1.29, 1.82) is 0 Å². The molecule has 8 heteroatoms. The normalized spacial score (nSPS) is 16.6. The topological polar surface area (TPSA) is 20.2 Å². The Bertz CT molecular complexity index is 852. The SMILES string of the molecule is OC(Cc1ccc(S(F)(F)(F)(F)F)cc1)c1cc2ccccc2s1. The van der Waals surface area contributed by atoms with Gasteiger partial charge in [-0.3, -0.25) is 0 Å². The van der Waals surface area contributed by atoms with Crippen molar-refractivity contribution in [1.82, 2.24) is 0 Å². The molecule has 0 spiro atoms. The van der Waals surface area contributed by atoms with Crippen molar-refractivity contribution in [3.8, 4) is 0 Å². The van der Waals surface area contributed by atoms with Crippen LogP contribution >= 0.6 is 21.6 Å². The van der Waals surface area contributed by atoms with Gasteiger partial charge in [-0.2, -0.15) is 0 Å². The van der Waals surface area contributed by atoms with Crippen LogP contribution < -0.4 is 0 Å². The molecule has 1 nitrogen and oxygen atoms in total. The third-order valence-corrected chi connectivity index (χ3v) is 5.95. The zero-order valence-corrected chi connectivity index (χ0v) is 13.8. The average molecular weight is 380 g/mol. The number of benzene rings is 2. The summed E-state index contributed by atoms with van der Waals surface area (Å²) in [4.78, 5) is -1.25. The minimum atomic E-state index is -9.65. The summed E-state index contributed by atoms with van der Waals surface area (Å²) in [6.45, 7) is 0. The van der Waals surface area contributed by atoms with Gasteiger partial charge in [0.1, 0.15) is 4.90 Å². The Balaban J connectivity index is 1.81. The highest BCUT2D eigenvalue weighted by Gasteiger charge is 2.65. The second kappa shape index (κ2) is 4.93. The number of thiophene rings is 1. The second-order valence-corrected chi connectivity index (χ2v) is 9.04. The monoisotopic (exact) mass is 380 g/mol. The minimum Gasteiger partial charge on any atom is -0.387 e. The number of hydrogen-bond acceptors (Lipinski definition) is 2. The summed E-state index contributed by atoms with van der Waals surface area (Å²) in [5, 5.41) is 11.2. The van der Waals surface area contributed by atoms with Crippen molar-refractivity contribution in [2.24, 2.45) is 0 Å². The van der Waals surface area contributed by atoms with Crippen molar-refractivity contribution in [2.45, 2.75) is 17.4 Å². The van der Waals surface area contributed by atoms with E-state index < -0.39 is 21.2 Å². The van der Waals surface area contributed by atoms with Crippen molar-refractivity contribution in [3.05, 3.63) is 65.0 Å². The van der Waals surface area contributed by atoms with E-state index in [1.54, 1.807) is 0 Å². The van der Waals surface area contributed by atoms with Gasteiger partial charge in [0.2, 0.25) is 0 Å². The Morgan fingerprint density at radius 3 is 2.12 bits per heavy atom. The molecule has 1 atom stereocenters. The summed E-state index contributed by atoms with van der Waals surface area (Å²) in [6.07, 6.45) is -0.860. The Morgan fingerprint density at radius 2 is 1.54 bits per heavy atom. The lowest BCUT2D eigenvalue weighted by Crippen LogP contribution is -2.06. The molecule has 0 saturated carbocycles. The minimum absolute atomic E-state index is 0.0490. The molecule has 130 valence electrons. The largest absolute Gasteiger partial charge is 0.387 e. The summed E-state index contributed by atoms with van der Waals surface area (Å²) in [6, 6.07) is 12.0. The van der Waals surface area contributed by atoms with E-state index in [9.17, 15) is 24.5 Å². The van der Waals surface area contributed by atoms with E-state index in [-0.39, 0.29) is 6.42 Å². The molecule has 1 heterocycles. The van der Waals surface area contributed by atoms with Crippen LogP contribution in [0.3, 0.4) is 0 Å². The van der Waals surface area contributed by atoms with E-state index in [1.807, 2.05) is 30.3 Å². The first-order valence-corrected chi connectivity index (χ1v) is 9.69. The van der Waals surface area contributed by atoms with Crippen LogP contribution in [0.2, 0.25) is 0 Å². The Labute approximate surface area is 139 Å². The molecule has 1 unspecified atom stereocenters. The summed E-state index contributed by atoms with van der Waals surface area (Å²) >= 11 is 1.39. The van der Waals surface area contributed by atoms with Gasteiger partial charge in [-0.15, -0.1) is 11.3 Å². The van der Waals surface area contributed by atoms with Gasteiger partial charge in [-0.05, 0) is 35.2 Å². The summed E-state index contributed by atoms with van der Waals surface area (Å²) in [5.74, 6) is 0. The van der Waals surface area contributed by atoms with Crippen LogP contribution in [0.1, 0.15) is 16.5 Å². The molecule has 1 aromatic heterocycles. The van der Waals surface area contributed by atoms with E-state index in [2.05, 4.69) is 0 Å². The van der Waals surface area contributed by atoms with Gasteiger partial charge in [0.05, 0.1) is 6.10 Å². The molecule has 0 aliphatic rings. The number of aliphatic hydroxyl groups is 1. The first-order valence-electron chi connectivity index (χ1n) is 6.92. The third-order valence-electron chi connectivity index (χ3n) is 3.57. The molecule has 0 aliphatic carbocycles. The molecule has 0 radical (unpaired) electrons. The lowest BCUT2D eigenvalue weighted by atomic mass is 10.1. The van der Waals surface area contributed by atoms with E-state index in [0.29, 0.717) is 22.6 Å². The van der Waals surface area contributed by atoms with E-state index >= 15 is 0 Å². The third kappa shape index (κ3) is 3.71. The fourth-order valence-electron chi connectivity index (χ4n) is 2.37. The summed E-state index contributed by atoms with van der Waals surface area (Å²) in [7, 11) is -9.65. The molecule has 24 heavy (non-hydrogen) atoms. The number of halogens is 5. The molecule has 3 aromatic rings. The Morgan fingerprint density at radius 1 is 0.917 bits per heavy atom. The molecule has 0 bridgehead atoms. The maximum absolute atomic E-state index is 12.7. The van der Waals surface area contributed by atoms with Crippen LogP contribution in [-0.2, 0) is 6.42 Å². The highest BCUT2D eigenvalue weighted by Crippen LogP contribution is 3.02. The quantitative estimate of drug-likeness (QED) is 0.492. The highest BCUT2D eigenvalue weighted by molar-refractivity contribution is 8.45. The molecule has 1 N–H and O–H groups in total. The predicted octanol–water partition coefficient (Wildman–Crippen LogP) is 6.83. The van der Waals surface area contributed by atoms with Crippen LogP contribution in [0.4, 0.5) is 19.4 Å². The second-order valence-electron chi connectivity index (χ2n) is 5.52. The van der Waals surface area contributed by atoms with Crippen LogP contribution in [0, 0.1) is 0 Å². The number of aliphatic hydroxyl groups excluding tert-OH is 1. The lowest BCUT2D eigenvalue weighted by Gasteiger charge is -2.40. The summed E-state index contributed by atoms with van der Waals surface area (Å²) < 4.78 is 64.4. The smallest absolute Gasteiger partial charge is 0.310 e. The van der Waals surface area contributed by atoms with Crippen LogP contribution in [-0.4, -0.2) is 5.11 Å². The first-order chi connectivity index (χ1) is 10.9. The first kappa shape index (κ1) is 17.2. The predicted molar refractivity (Wildman–Crippen MR) is 88.3 cm³/mol. The average Bonchev–Trinajstić information content (AvgIpc) is 2.89. The van der Waals surface area contributed by atoms with E-state index in [1.165, 1.54) is 11.3 Å². The summed E-state index contributed by atoms with van der Waals surface area (Å²) in [5.41, 5.74) is 0.352. The van der Waals surface area contributed by atoms with Gasteiger partial charge in [0.15, 0.2) is 0 Å². The van der Waals surface area contributed by atoms with E-state index in [0.717, 1.165) is 22.2 Å². The van der Waals surface area contributed by atoms with Gasteiger partial charge < -0.3 is 5.11 Å². The van der Waals surface area contributed by atoms with Crippen molar-refractivity contribution in [2.75, 3.05) is 0 Å². The lowest BCUT2D eigenvalue weighted by molar-refractivity contribution is 0.182. The number of fused-ring (bicyclic) bond motifs is 1. The zero-order chi connectivity index (χ0) is 17.7. The molecular formula is C16H13F5OS2. The van der Waals surface area contributed by atoms with Crippen LogP contribution in [0.15, 0.2) is 59.5 Å². The Kier molecular flexibility index (Phi) is 3.53. The molecular weight excluding hydrogens is 367 g/mol. The maximum Gasteiger partial charge on any atom is 0.310 e. The van der Waals surface area contributed by atoms with Gasteiger partial charge in [0.25, 0.3) is 0 Å². The standard InChI is InChI=1S/C16H13F5OS2/c17-24(18,19,20,21)13-7-5-11(6-8-13)9-14(22)16-10-12-3-1-2-4-15(12)23-16/h1-8,10,14,22H,9H2. The van der Waals surface area contributed by atoms with Crippen molar-refractivity contribution in [3.63, 3.8) is 0 Å². The van der Waals surface area contributed by atoms with Gasteiger partial charge in [0, 0.05) is 16.0 Å². The van der Waals surface area contributed by atoms with Gasteiger partial charge in [-0.1, -0.05) is 49.8 Å². The van der Waals surface area contributed by atoms with Gasteiger partial charge in [-0.25, -0.2) is 0 Å². The van der Waals surface area contributed by atoms with Crippen molar-refractivity contribution >= 4 is 31.6 Å². The van der Waals surface area contributed by atoms with Gasteiger partial charge >= 0.3 is 10.2 Å². The van der Waals surface area contributed by atoms with Crippen LogP contribution in [0.5, 0.6) is 0 Å². The highest BCUT2D eigenvalue weighted by atomic mass is 32.5. The molecule has 0 saturated heterocycles. The fourth-order valence-corrected chi connectivity index (χ4v) is 4.07. The number of rotatable bonds is 4. The van der Waals surface area contributed by atoms with E-state index in [4.69, 9.17) is 0 Å². The van der Waals surface area contributed by atoms with Crippen LogP contribution in [0.25, 0.3) is 10.1 Å².